The second kappa shape index (κ2) is 9.21. The van der Waals surface area contributed by atoms with Gasteiger partial charge in [0.2, 0.25) is 0 Å². The molecule has 0 rings (SSSR count). The van der Waals surface area contributed by atoms with E-state index >= 15 is 0 Å². The van der Waals surface area contributed by atoms with Gasteiger partial charge in [0.25, 0.3) is 10.8 Å². The Morgan fingerprint density at radius 2 is 1.33 bits per heavy atom. The van der Waals surface area contributed by atoms with Crippen LogP contribution in [0.3, 0.4) is 0 Å². The molecule has 0 amide bonds. The van der Waals surface area contributed by atoms with Gasteiger partial charge < -0.3 is 14.8 Å². The zero-order valence-corrected chi connectivity index (χ0v) is 2.90. The number of halogens is 1. The zero-order chi connectivity index (χ0) is 3.58. The molecule has 0 saturated carbocycles. The first kappa shape index (κ1) is 15.9. The van der Waals surface area contributed by atoms with E-state index in [1.165, 1.54) is 0 Å². The van der Waals surface area contributed by atoms with E-state index in [0.29, 0.717) is 0 Å². The van der Waals surface area contributed by atoms with Crippen molar-refractivity contribution in [2.24, 2.45) is 0 Å². The van der Waals surface area contributed by atoms with E-state index in [-0.39, 0.29) is 24.3 Å². The number of hydrogen-bond donors (Lipinski definition) is 1. The molecule has 0 radical (unpaired) electrons. The third-order valence-electron chi connectivity index (χ3n) is 0. The van der Waals surface area contributed by atoms with Crippen molar-refractivity contribution < 1.29 is 30.2 Å². The standard InChI is InChI=1S/ClHO3.Li.H2O.H/c2-1(3)4;;;/h2H;;1H2;. The van der Waals surface area contributed by atoms with Crippen LogP contribution in [0.15, 0.2) is 0 Å². The molecule has 0 spiro atoms. The average molecular weight is 110 g/mol. The summed E-state index contributed by atoms with van der Waals surface area (Å²) in [7, 11) is -2.60. The number of rotatable bonds is 0. The Kier molecular flexibility index (Phi) is 24.4. The van der Waals surface area contributed by atoms with E-state index in [1.807, 2.05) is 0 Å². The summed E-state index contributed by atoms with van der Waals surface area (Å²) < 4.78 is 24.0. The molecule has 0 aromatic carbocycles. The largest absolute Gasteiger partial charge is 0.321 e. The van der Waals surface area contributed by atoms with Crippen molar-refractivity contribution in [2.45, 2.75) is 0 Å². The maximum Gasteiger partial charge on any atom is 0.282 e. The van der Waals surface area contributed by atoms with E-state index in [2.05, 4.69) is 0 Å². The Bertz CT molecular complexity index is 12.3. The smallest absolute Gasteiger partial charge is 0.282 e. The molecule has 6 heteroatoms. The van der Waals surface area contributed by atoms with Crippen LogP contribution in [0, 0.1) is 10.8 Å². The van der Waals surface area contributed by atoms with Crippen LogP contribution in [0.2, 0.25) is 0 Å². The van der Waals surface area contributed by atoms with Crippen LogP contribution in [0.25, 0.3) is 0 Å². The van der Waals surface area contributed by atoms with Crippen molar-refractivity contribution in [1.82, 2.24) is 0 Å². The third kappa shape index (κ3) is 124. The molecular formula is H4ClLiO4. The van der Waals surface area contributed by atoms with Crippen LogP contribution < -0.4 is 9.32 Å². The molecule has 0 atom stereocenters. The van der Waals surface area contributed by atoms with Gasteiger partial charge in [-0.05, 0) is 0 Å². The normalized spacial score (nSPS) is 6.00. The van der Waals surface area contributed by atoms with Crippen molar-refractivity contribution in [3.8, 4) is 0 Å². The summed E-state index contributed by atoms with van der Waals surface area (Å²) in [4.78, 5) is 0. The first-order valence-corrected chi connectivity index (χ1v) is 1.43. The first-order valence-electron chi connectivity index (χ1n) is 0.478. The Labute approximate surface area is 49.7 Å². The molecule has 0 aromatic rings. The second-order valence-electron chi connectivity index (χ2n) is 0.201. The minimum atomic E-state index is -2.60. The molecule has 0 fully saturated rings. The van der Waals surface area contributed by atoms with E-state index in [4.69, 9.17) is 14.0 Å². The first-order chi connectivity index (χ1) is 1.73. The minimum absolute atomic E-state index is 0. The SMILES string of the molecule is O.[LiH].[O-][Cl+2]([O-])O. The molecule has 0 aromatic heterocycles. The third-order valence-corrected chi connectivity index (χ3v) is 0. The summed E-state index contributed by atoms with van der Waals surface area (Å²) in [5.74, 6) is 0. The summed E-state index contributed by atoms with van der Waals surface area (Å²) in [5.41, 5.74) is 0. The van der Waals surface area contributed by atoms with Crippen molar-refractivity contribution in [2.75, 3.05) is 0 Å². The fourth-order valence-corrected chi connectivity index (χ4v) is 0. The van der Waals surface area contributed by atoms with Gasteiger partial charge in [-0.3, -0.25) is 0 Å². The maximum atomic E-state index is 8.52. The fourth-order valence-electron chi connectivity index (χ4n) is 0. The molecule has 0 bridgehead atoms. The van der Waals surface area contributed by atoms with Gasteiger partial charge in [-0.25, -0.2) is 0 Å². The van der Waals surface area contributed by atoms with Gasteiger partial charge in [-0.1, -0.05) is 0 Å². The van der Waals surface area contributed by atoms with E-state index in [0.717, 1.165) is 0 Å². The molecule has 0 aliphatic heterocycles. The van der Waals surface area contributed by atoms with E-state index < -0.39 is 10.8 Å². The topological polar surface area (TPSA) is 97.9 Å². The molecular weight excluding hydrogens is 106 g/mol. The average Bonchev–Trinajstić information content (AvgIpc) is 0.811. The molecule has 0 unspecified atom stereocenters. The molecule has 0 aliphatic carbocycles. The van der Waals surface area contributed by atoms with Crippen LogP contribution >= 0.6 is 0 Å². The Balaban J connectivity index is -0.0000000450. The van der Waals surface area contributed by atoms with Crippen molar-refractivity contribution >= 4 is 18.9 Å². The summed E-state index contributed by atoms with van der Waals surface area (Å²) in [6, 6.07) is 0. The summed E-state index contributed by atoms with van der Waals surface area (Å²) in [6.45, 7) is 0. The van der Waals surface area contributed by atoms with Crippen LogP contribution in [0.4, 0.5) is 0 Å². The Hall–Kier alpha value is 0.727. The van der Waals surface area contributed by atoms with Gasteiger partial charge in [-0.15, -0.1) is 0 Å². The van der Waals surface area contributed by atoms with Gasteiger partial charge in [0.15, 0.2) is 0 Å². The summed E-state index contributed by atoms with van der Waals surface area (Å²) >= 11 is 0. The molecule has 0 saturated heterocycles. The molecule has 6 heavy (non-hydrogen) atoms. The van der Waals surface area contributed by atoms with Crippen LogP contribution in [0.5, 0.6) is 0 Å². The van der Waals surface area contributed by atoms with E-state index in [1.54, 1.807) is 0 Å². The minimum Gasteiger partial charge on any atom is -0.321 e. The van der Waals surface area contributed by atoms with Gasteiger partial charge in [-0.2, -0.15) is 0 Å². The van der Waals surface area contributed by atoms with Gasteiger partial charge in [0.1, 0.15) is 0 Å². The monoisotopic (exact) mass is 110 g/mol. The van der Waals surface area contributed by atoms with Crippen LogP contribution in [-0.4, -0.2) is 29.0 Å². The molecule has 36 valence electrons. The van der Waals surface area contributed by atoms with Crippen molar-refractivity contribution in [3.63, 3.8) is 0 Å². The maximum absolute atomic E-state index is 8.52. The summed E-state index contributed by atoms with van der Waals surface area (Å²) in [5, 5.41) is 0. The Morgan fingerprint density at radius 3 is 1.33 bits per heavy atom. The quantitative estimate of drug-likeness (QED) is 0.319. The Morgan fingerprint density at radius 1 is 1.33 bits per heavy atom. The second-order valence-corrected chi connectivity index (χ2v) is 0.603. The van der Waals surface area contributed by atoms with E-state index in [9.17, 15) is 0 Å². The van der Waals surface area contributed by atoms with Crippen molar-refractivity contribution in [1.29, 1.82) is 0 Å². The zero-order valence-electron chi connectivity index (χ0n) is 2.14. The predicted octanol–water partition coefficient (Wildman–Crippen LogP) is -4.41. The fraction of sp³-hybridized carbons (Fsp3) is 0. The molecule has 0 heterocycles. The van der Waals surface area contributed by atoms with Crippen LogP contribution in [0.1, 0.15) is 0 Å². The van der Waals surface area contributed by atoms with Crippen molar-refractivity contribution in [3.05, 3.63) is 0 Å². The van der Waals surface area contributed by atoms with Gasteiger partial charge >= 0.3 is 18.9 Å². The van der Waals surface area contributed by atoms with Gasteiger partial charge in [0, 0.05) is 4.66 Å². The molecule has 4 nitrogen and oxygen atoms in total. The van der Waals surface area contributed by atoms with Crippen LogP contribution in [-0.2, 0) is 0 Å². The van der Waals surface area contributed by atoms with Gasteiger partial charge in [0.05, 0.1) is 0 Å². The molecule has 3 N–H and O–H groups in total. The number of hydrogen-bond acceptors (Lipinski definition) is 3. The summed E-state index contributed by atoms with van der Waals surface area (Å²) in [6.07, 6.45) is 0. The predicted molar refractivity (Wildman–Crippen MR) is 13.0 cm³/mol. The molecule has 0 aliphatic rings.